The molecule has 1 unspecified atom stereocenters. The van der Waals surface area contributed by atoms with E-state index in [2.05, 4.69) is 10.3 Å². The van der Waals surface area contributed by atoms with Crippen molar-refractivity contribution < 1.29 is 27.4 Å². The van der Waals surface area contributed by atoms with Crippen LogP contribution in [0, 0.1) is 12.3 Å². The summed E-state index contributed by atoms with van der Waals surface area (Å²) < 4.78 is 50.1. The summed E-state index contributed by atoms with van der Waals surface area (Å²) in [7, 11) is 1.63. The Morgan fingerprint density at radius 3 is 2.19 bits per heavy atom. The Morgan fingerprint density at radius 1 is 1.11 bits per heavy atom. The van der Waals surface area contributed by atoms with Crippen molar-refractivity contribution in [3.8, 4) is 11.6 Å². The highest BCUT2D eigenvalue weighted by Gasteiger charge is 2.36. The Morgan fingerprint density at radius 2 is 1.70 bits per heavy atom. The number of amides is 1. The summed E-state index contributed by atoms with van der Waals surface area (Å²) in [6, 6.07) is 16.8. The molecule has 3 aromatic rings. The summed E-state index contributed by atoms with van der Waals surface area (Å²) in [5.41, 5.74) is 0.252. The second kappa shape index (κ2) is 15.3. The van der Waals surface area contributed by atoms with Crippen LogP contribution in [-0.2, 0) is 11.0 Å². The van der Waals surface area contributed by atoms with Crippen molar-refractivity contribution in [1.82, 2.24) is 10.3 Å². The number of nitrogens with zero attached hydrogens (tertiary/aromatic N) is 1. The van der Waals surface area contributed by atoms with E-state index in [1.165, 1.54) is 6.92 Å². The number of rotatable bonds is 8. The predicted octanol–water partition coefficient (Wildman–Crippen LogP) is 6.75. The van der Waals surface area contributed by atoms with E-state index in [4.69, 9.17) is 14.9 Å². The lowest BCUT2D eigenvalue weighted by Crippen LogP contribution is -2.17. The molecule has 1 atom stereocenters. The highest BCUT2D eigenvalue weighted by molar-refractivity contribution is 6.12. The molecule has 0 fully saturated rings. The SMILES string of the molecule is CC.CCOc1cc(C(F)(F)F)c(C(=N)c2ccccc2)c(C)n1.COc1ccc(C(C)NC=O)cc1. The maximum absolute atomic E-state index is 13.3. The molecule has 0 saturated heterocycles. The maximum atomic E-state index is 13.3. The summed E-state index contributed by atoms with van der Waals surface area (Å²) >= 11 is 0. The first kappa shape index (κ1) is 31.2. The summed E-state index contributed by atoms with van der Waals surface area (Å²) in [4.78, 5) is 14.2. The maximum Gasteiger partial charge on any atom is 0.417 e. The van der Waals surface area contributed by atoms with Crippen LogP contribution in [-0.4, -0.2) is 30.8 Å². The number of pyridine rings is 1. The van der Waals surface area contributed by atoms with E-state index < -0.39 is 11.7 Å². The third-order valence-electron chi connectivity index (χ3n) is 5.02. The molecule has 9 heteroatoms. The van der Waals surface area contributed by atoms with Crippen LogP contribution < -0.4 is 14.8 Å². The van der Waals surface area contributed by atoms with Gasteiger partial charge in [0.15, 0.2) is 0 Å². The number of methoxy groups -OCH3 is 1. The fraction of sp³-hybridized carbons (Fsp3) is 0.321. The lowest BCUT2D eigenvalue weighted by molar-refractivity contribution is -0.138. The van der Waals surface area contributed by atoms with Crippen molar-refractivity contribution in [2.45, 2.75) is 46.8 Å². The van der Waals surface area contributed by atoms with Gasteiger partial charge in [0.1, 0.15) is 5.75 Å². The second-order valence-electron chi connectivity index (χ2n) is 7.42. The lowest BCUT2D eigenvalue weighted by atomic mass is 9.96. The van der Waals surface area contributed by atoms with E-state index in [1.807, 2.05) is 45.0 Å². The van der Waals surface area contributed by atoms with E-state index in [0.717, 1.165) is 17.4 Å². The molecule has 0 saturated carbocycles. The van der Waals surface area contributed by atoms with Gasteiger partial charge in [-0.2, -0.15) is 13.2 Å². The molecular formula is C28H34F3N3O3. The van der Waals surface area contributed by atoms with Crippen molar-refractivity contribution in [2.24, 2.45) is 0 Å². The van der Waals surface area contributed by atoms with Gasteiger partial charge in [0.05, 0.1) is 36.7 Å². The number of hydrogen-bond acceptors (Lipinski definition) is 5. The molecule has 0 radical (unpaired) electrons. The van der Waals surface area contributed by atoms with Crippen molar-refractivity contribution >= 4 is 12.1 Å². The fourth-order valence-corrected chi connectivity index (χ4v) is 3.24. The van der Waals surface area contributed by atoms with Crippen LogP contribution in [0.1, 0.15) is 61.7 Å². The monoisotopic (exact) mass is 517 g/mol. The third kappa shape index (κ3) is 9.25. The van der Waals surface area contributed by atoms with Gasteiger partial charge < -0.3 is 14.8 Å². The van der Waals surface area contributed by atoms with Gasteiger partial charge >= 0.3 is 6.18 Å². The molecule has 2 aromatic carbocycles. The van der Waals surface area contributed by atoms with Gasteiger partial charge in [-0.3, -0.25) is 10.2 Å². The minimum Gasteiger partial charge on any atom is -0.497 e. The number of alkyl halides is 3. The summed E-state index contributed by atoms with van der Waals surface area (Å²) in [6.07, 6.45) is -3.88. The van der Waals surface area contributed by atoms with Crippen molar-refractivity contribution in [1.29, 1.82) is 5.41 Å². The van der Waals surface area contributed by atoms with Crippen molar-refractivity contribution in [3.63, 3.8) is 0 Å². The molecule has 0 aliphatic rings. The molecule has 0 aliphatic carbocycles. The van der Waals surface area contributed by atoms with E-state index in [1.54, 1.807) is 44.4 Å². The van der Waals surface area contributed by atoms with Crippen molar-refractivity contribution in [3.05, 3.63) is 88.6 Å². The number of halogens is 3. The molecule has 6 nitrogen and oxygen atoms in total. The number of aryl methyl sites for hydroxylation is 1. The van der Waals surface area contributed by atoms with Crippen LogP contribution in [0.15, 0.2) is 60.7 Å². The van der Waals surface area contributed by atoms with Gasteiger partial charge in [0.25, 0.3) is 0 Å². The highest BCUT2D eigenvalue weighted by Crippen LogP contribution is 2.36. The van der Waals surface area contributed by atoms with Gasteiger partial charge in [-0.25, -0.2) is 4.98 Å². The summed E-state index contributed by atoms with van der Waals surface area (Å²) in [5, 5.41) is 10.8. The minimum absolute atomic E-state index is 0.0448. The lowest BCUT2D eigenvalue weighted by Gasteiger charge is -2.17. The first-order chi connectivity index (χ1) is 17.6. The number of carbonyl (C=O) groups excluding carboxylic acids is 1. The minimum atomic E-state index is -4.59. The number of aromatic nitrogens is 1. The first-order valence-electron chi connectivity index (χ1n) is 11.8. The second-order valence-corrected chi connectivity index (χ2v) is 7.42. The molecule has 0 bridgehead atoms. The largest absolute Gasteiger partial charge is 0.497 e. The Labute approximate surface area is 216 Å². The Kier molecular flexibility index (Phi) is 12.9. The van der Waals surface area contributed by atoms with Crippen LogP contribution in [0.4, 0.5) is 13.2 Å². The van der Waals surface area contributed by atoms with Crippen LogP contribution in [0.3, 0.4) is 0 Å². The molecule has 1 amide bonds. The average molecular weight is 518 g/mol. The quantitative estimate of drug-likeness (QED) is 0.256. The standard InChI is InChI=1S/C16H15F3N2O.C10H13NO2.C2H6/c1-3-22-13-9-12(16(17,18)19)14(10(2)21-13)15(20)11-7-5-4-6-8-11;1-8(11-7-12)9-3-5-10(13-2)6-4-9;1-2/h4-9,20H,3H2,1-2H3;3-8H,1-2H3,(H,11,12);1-2H3. The van der Waals surface area contributed by atoms with E-state index >= 15 is 0 Å². The first-order valence-corrected chi connectivity index (χ1v) is 11.8. The smallest absolute Gasteiger partial charge is 0.417 e. The number of carbonyl (C=O) groups is 1. The van der Waals surface area contributed by atoms with Crippen LogP contribution in [0.25, 0.3) is 0 Å². The third-order valence-corrected chi connectivity index (χ3v) is 5.02. The molecule has 1 heterocycles. The Bertz CT molecular complexity index is 1120. The summed E-state index contributed by atoms with van der Waals surface area (Å²) in [6.45, 7) is 9.27. The van der Waals surface area contributed by atoms with Crippen molar-refractivity contribution in [2.75, 3.05) is 13.7 Å². The molecule has 200 valence electrons. The normalized spacial score (nSPS) is 11.1. The zero-order chi connectivity index (χ0) is 28.0. The molecule has 1 aromatic heterocycles. The van der Waals surface area contributed by atoms with E-state index in [-0.39, 0.29) is 35.5 Å². The molecule has 2 N–H and O–H groups in total. The number of ether oxygens (including phenoxy) is 2. The van der Waals surface area contributed by atoms with Crippen LogP contribution in [0.2, 0.25) is 0 Å². The van der Waals surface area contributed by atoms with Gasteiger partial charge in [-0.05, 0) is 38.5 Å². The van der Waals surface area contributed by atoms with Gasteiger partial charge in [0, 0.05) is 17.2 Å². The molecule has 0 spiro atoms. The van der Waals surface area contributed by atoms with Crippen LogP contribution >= 0.6 is 0 Å². The molecular weight excluding hydrogens is 483 g/mol. The predicted molar refractivity (Wildman–Crippen MR) is 139 cm³/mol. The molecule has 37 heavy (non-hydrogen) atoms. The van der Waals surface area contributed by atoms with Gasteiger partial charge in [0.2, 0.25) is 12.3 Å². The van der Waals surface area contributed by atoms with E-state index in [9.17, 15) is 18.0 Å². The number of hydrogen-bond donors (Lipinski definition) is 2. The highest BCUT2D eigenvalue weighted by atomic mass is 19.4. The zero-order valence-corrected chi connectivity index (χ0v) is 21.9. The molecule has 0 aliphatic heterocycles. The topological polar surface area (TPSA) is 84.3 Å². The Hall–Kier alpha value is -3.88. The Balaban J connectivity index is 0.000000389. The van der Waals surface area contributed by atoms with E-state index in [0.29, 0.717) is 12.0 Å². The number of nitrogens with one attached hydrogen (secondary N) is 2. The average Bonchev–Trinajstić information content (AvgIpc) is 2.90. The number of benzene rings is 2. The van der Waals surface area contributed by atoms with Gasteiger partial charge in [-0.1, -0.05) is 56.3 Å². The van der Waals surface area contributed by atoms with Gasteiger partial charge in [-0.15, -0.1) is 0 Å². The van der Waals surface area contributed by atoms with Crippen LogP contribution in [0.5, 0.6) is 11.6 Å². The summed E-state index contributed by atoms with van der Waals surface area (Å²) in [5.74, 6) is 0.735. The zero-order valence-electron chi connectivity index (χ0n) is 21.9. The molecule has 3 rings (SSSR count). The fourth-order valence-electron chi connectivity index (χ4n) is 3.24.